The summed E-state index contributed by atoms with van der Waals surface area (Å²) in [5.41, 5.74) is 2.61. The zero-order valence-corrected chi connectivity index (χ0v) is 16.0. The van der Waals surface area contributed by atoms with Gasteiger partial charge in [-0.3, -0.25) is 9.97 Å². The first-order valence-electron chi connectivity index (χ1n) is 8.14. The minimum atomic E-state index is -3.09. The highest BCUT2D eigenvalue weighted by atomic mass is 79.9. The lowest BCUT2D eigenvalue weighted by atomic mass is 10.1. The van der Waals surface area contributed by atoms with Gasteiger partial charge >= 0.3 is 0 Å². The molecule has 1 saturated heterocycles. The minimum absolute atomic E-state index is 0.235. The van der Waals surface area contributed by atoms with E-state index < -0.39 is 10.0 Å². The van der Waals surface area contributed by atoms with Crippen LogP contribution in [0.25, 0.3) is 11.0 Å². The molecular weight excluding hydrogens is 392 g/mol. The molecule has 130 valence electrons. The van der Waals surface area contributed by atoms with Gasteiger partial charge in [-0.25, -0.2) is 12.7 Å². The number of rotatable bonds is 5. The third kappa shape index (κ3) is 3.87. The molecule has 0 saturated carbocycles. The fraction of sp³-hybridized carbons (Fsp3) is 0.500. The van der Waals surface area contributed by atoms with Crippen LogP contribution in [0.3, 0.4) is 0 Å². The number of hydrogen-bond donors (Lipinski definition) is 1. The number of aromatic nitrogens is 2. The maximum atomic E-state index is 12.1. The van der Waals surface area contributed by atoms with Gasteiger partial charge in [0.2, 0.25) is 10.0 Å². The minimum Gasteiger partial charge on any atom is -0.380 e. The van der Waals surface area contributed by atoms with Gasteiger partial charge in [0.25, 0.3) is 0 Å². The van der Waals surface area contributed by atoms with E-state index in [1.54, 1.807) is 16.7 Å². The Labute approximate surface area is 150 Å². The highest BCUT2D eigenvalue weighted by molar-refractivity contribution is 9.10. The summed E-state index contributed by atoms with van der Waals surface area (Å²) in [7, 11) is -3.09. The summed E-state index contributed by atoms with van der Waals surface area (Å²) in [5, 5.41) is 3.51. The number of nitrogens with one attached hydrogen (secondary N) is 1. The molecule has 0 unspecified atom stereocenters. The quantitative estimate of drug-likeness (QED) is 0.816. The van der Waals surface area contributed by atoms with Crippen LogP contribution in [-0.4, -0.2) is 47.6 Å². The van der Waals surface area contributed by atoms with Crippen LogP contribution in [0.1, 0.15) is 26.2 Å². The number of fused-ring (bicyclic) bond motifs is 1. The SMILES string of the molecule is CCCS(=O)(=O)N1CCC(Nc2ccnc3cc(Br)cnc23)CC1. The van der Waals surface area contributed by atoms with Gasteiger partial charge in [-0.05, 0) is 47.3 Å². The highest BCUT2D eigenvalue weighted by Crippen LogP contribution is 2.25. The Morgan fingerprint density at radius 2 is 2.08 bits per heavy atom. The van der Waals surface area contributed by atoms with E-state index in [0.717, 1.165) is 34.0 Å². The summed E-state index contributed by atoms with van der Waals surface area (Å²) in [6.07, 6.45) is 5.77. The topological polar surface area (TPSA) is 75.2 Å². The average molecular weight is 413 g/mol. The zero-order valence-electron chi connectivity index (χ0n) is 13.6. The number of piperidine rings is 1. The number of pyridine rings is 2. The van der Waals surface area contributed by atoms with E-state index in [-0.39, 0.29) is 11.8 Å². The van der Waals surface area contributed by atoms with Crippen molar-refractivity contribution in [1.82, 2.24) is 14.3 Å². The molecule has 24 heavy (non-hydrogen) atoms. The van der Waals surface area contributed by atoms with Crippen molar-refractivity contribution in [3.05, 3.63) is 29.0 Å². The lowest BCUT2D eigenvalue weighted by molar-refractivity contribution is 0.329. The van der Waals surface area contributed by atoms with Crippen LogP contribution in [0.5, 0.6) is 0 Å². The van der Waals surface area contributed by atoms with Crippen molar-refractivity contribution < 1.29 is 8.42 Å². The van der Waals surface area contributed by atoms with E-state index in [4.69, 9.17) is 0 Å². The molecule has 6 nitrogen and oxygen atoms in total. The molecule has 2 aromatic heterocycles. The van der Waals surface area contributed by atoms with Gasteiger partial charge in [-0.1, -0.05) is 6.92 Å². The molecule has 0 bridgehead atoms. The molecular formula is C16H21BrN4O2S. The molecule has 2 aromatic rings. The number of nitrogens with zero attached hydrogens (tertiary/aromatic N) is 3. The molecule has 0 spiro atoms. The molecule has 0 amide bonds. The summed E-state index contributed by atoms with van der Waals surface area (Å²) in [5.74, 6) is 0.235. The monoisotopic (exact) mass is 412 g/mol. The largest absolute Gasteiger partial charge is 0.380 e. The smallest absolute Gasteiger partial charge is 0.214 e. The summed E-state index contributed by atoms with van der Waals surface area (Å²) >= 11 is 3.41. The van der Waals surface area contributed by atoms with Crippen LogP contribution in [-0.2, 0) is 10.0 Å². The molecule has 0 aromatic carbocycles. The van der Waals surface area contributed by atoms with E-state index in [0.29, 0.717) is 19.5 Å². The Balaban J connectivity index is 1.69. The first-order chi connectivity index (χ1) is 11.5. The Morgan fingerprint density at radius 3 is 2.79 bits per heavy atom. The number of anilines is 1. The van der Waals surface area contributed by atoms with Gasteiger partial charge in [-0.2, -0.15) is 0 Å². The second-order valence-corrected chi connectivity index (χ2v) is 9.02. The summed E-state index contributed by atoms with van der Waals surface area (Å²) in [6.45, 7) is 3.04. The van der Waals surface area contributed by atoms with Gasteiger partial charge in [0.05, 0.1) is 17.0 Å². The summed E-state index contributed by atoms with van der Waals surface area (Å²) in [6, 6.07) is 4.10. The van der Waals surface area contributed by atoms with E-state index in [2.05, 4.69) is 31.2 Å². The number of hydrogen-bond acceptors (Lipinski definition) is 5. The Bertz CT molecular complexity index is 820. The first-order valence-corrected chi connectivity index (χ1v) is 10.5. The molecule has 1 N–H and O–H groups in total. The van der Waals surface area contributed by atoms with Gasteiger partial charge in [-0.15, -0.1) is 0 Å². The fourth-order valence-electron chi connectivity index (χ4n) is 3.01. The molecule has 0 aliphatic carbocycles. The molecule has 8 heteroatoms. The molecule has 0 radical (unpaired) electrons. The van der Waals surface area contributed by atoms with Crippen molar-refractivity contribution in [2.24, 2.45) is 0 Å². The lowest BCUT2D eigenvalue weighted by Gasteiger charge is -2.32. The predicted molar refractivity (Wildman–Crippen MR) is 99.5 cm³/mol. The van der Waals surface area contributed by atoms with Crippen molar-refractivity contribution in [3.63, 3.8) is 0 Å². The molecule has 1 aliphatic rings. The van der Waals surface area contributed by atoms with Gasteiger partial charge in [0.15, 0.2) is 0 Å². The van der Waals surface area contributed by atoms with Crippen LogP contribution in [0.4, 0.5) is 5.69 Å². The Morgan fingerprint density at radius 1 is 1.33 bits per heavy atom. The van der Waals surface area contributed by atoms with Gasteiger partial charge in [0.1, 0.15) is 5.52 Å². The third-order valence-electron chi connectivity index (χ3n) is 4.21. The van der Waals surface area contributed by atoms with Crippen LogP contribution < -0.4 is 5.32 Å². The molecule has 1 aliphatic heterocycles. The maximum Gasteiger partial charge on any atom is 0.214 e. The molecule has 3 rings (SSSR count). The van der Waals surface area contributed by atoms with Crippen molar-refractivity contribution in [2.75, 3.05) is 24.2 Å². The van der Waals surface area contributed by atoms with Crippen molar-refractivity contribution in [3.8, 4) is 0 Å². The molecule has 1 fully saturated rings. The lowest BCUT2D eigenvalue weighted by Crippen LogP contribution is -2.43. The second-order valence-electron chi connectivity index (χ2n) is 6.01. The predicted octanol–water partition coefficient (Wildman–Crippen LogP) is 3.01. The van der Waals surface area contributed by atoms with Gasteiger partial charge in [0, 0.05) is 36.0 Å². The Hall–Kier alpha value is -1.25. The van der Waals surface area contributed by atoms with Gasteiger partial charge < -0.3 is 5.32 Å². The van der Waals surface area contributed by atoms with E-state index in [1.807, 2.05) is 19.1 Å². The Kier molecular flexibility index (Phi) is 5.36. The van der Waals surface area contributed by atoms with Crippen LogP contribution in [0, 0.1) is 0 Å². The number of sulfonamides is 1. The van der Waals surface area contributed by atoms with Crippen molar-refractivity contribution in [1.29, 1.82) is 0 Å². The van der Waals surface area contributed by atoms with E-state index >= 15 is 0 Å². The van der Waals surface area contributed by atoms with Crippen LogP contribution in [0.15, 0.2) is 29.0 Å². The average Bonchev–Trinajstić information content (AvgIpc) is 2.55. The second kappa shape index (κ2) is 7.33. The normalized spacial score (nSPS) is 17.2. The number of halogens is 1. The van der Waals surface area contributed by atoms with Crippen molar-refractivity contribution >= 4 is 42.7 Å². The molecule has 3 heterocycles. The van der Waals surface area contributed by atoms with Crippen molar-refractivity contribution in [2.45, 2.75) is 32.2 Å². The first kappa shape index (κ1) is 17.6. The molecule has 0 atom stereocenters. The highest BCUT2D eigenvalue weighted by Gasteiger charge is 2.27. The van der Waals surface area contributed by atoms with Crippen LogP contribution in [0.2, 0.25) is 0 Å². The maximum absolute atomic E-state index is 12.1. The van der Waals surface area contributed by atoms with E-state index in [1.165, 1.54) is 0 Å². The fourth-order valence-corrected chi connectivity index (χ4v) is 4.87. The summed E-state index contributed by atoms with van der Waals surface area (Å²) < 4.78 is 26.8. The summed E-state index contributed by atoms with van der Waals surface area (Å²) in [4.78, 5) is 8.79. The third-order valence-corrected chi connectivity index (χ3v) is 6.72. The van der Waals surface area contributed by atoms with Crippen LogP contribution >= 0.6 is 15.9 Å². The van der Waals surface area contributed by atoms with E-state index in [9.17, 15) is 8.42 Å². The zero-order chi connectivity index (χ0) is 17.2. The standard InChI is InChI=1S/C16H21BrN4O2S/c1-2-9-24(22,23)21-7-4-13(5-8-21)20-14-3-6-18-15-10-12(17)11-19-16(14)15/h3,6,10-11,13H,2,4-5,7-9H2,1H3,(H,18,20).